The van der Waals surface area contributed by atoms with E-state index in [2.05, 4.69) is 20.1 Å². The van der Waals surface area contributed by atoms with E-state index in [0.717, 1.165) is 35.1 Å². The molecule has 0 aliphatic rings. The maximum absolute atomic E-state index is 13.6. The Morgan fingerprint density at radius 1 is 1.31 bits per heavy atom. The van der Waals surface area contributed by atoms with Crippen molar-refractivity contribution in [1.82, 2.24) is 0 Å². The fourth-order valence-electron chi connectivity index (χ4n) is 1.57. The fourth-order valence-corrected chi connectivity index (χ4v) is 1.57. The van der Waals surface area contributed by atoms with Gasteiger partial charge in [-0.25, -0.2) is 4.39 Å². The summed E-state index contributed by atoms with van der Waals surface area (Å²) in [6.45, 7) is 11.7. The van der Waals surface area contributed by atoms with E-state index in [1.807, 2.05) is 19.1 Å². The fraction of sp³-hybridized carbons (Fsp3) is 0.333. The van der Waals surface area contributed by atoms with Crippen molar-refractivity contribution in [2.24, 2.45) is 0 Å². The molecule has 1 heteroatoms. The van der Waals surface area contributed by atoms with Crippen LogP contribution >= 0.6 is 0 Å². The van der Waals surface area contributed by atoms with Crippen LogP contribution in [0.4, 0.5) is 4.39 Å². The number of hydrogen-bond donors (Lipinski definition) is 0. The molecule has 0 aromatic heterocycles. The lowest BCUT2D eigenvalue weighted by molar-refractivity contribution is 0.605. The molecule has 0 saturated carbocycles. The molecule has 0 amide bonds. The molecule has 0 aliphatic heterocycles. The minimum absolute atomic E-state index is 0.103. The Bertz CT molecular complexity index is 402. The van der Waals surface area contributed by atoms with Crippen molar-refractivity contribution in [3.05, 3.63) is 59.4 Å². The molecule has 0 saturated heterocycles. The van der Waals surface area contributed by atoms with E-state index in [1.54, 1.807) is 6.07 Å². The Hall–Kier alpha value is -1.37. The van der Waals surface area contributed by atoms with Gasteiger partial charge in [0.25, 0.3) is 0 Å². The average molecular weight is 218 g/mol. The maximum Gasteiger partial charge on any atom is 0.126 e. The van der Waals surface area contributed by atoms with Crippen LogP contribution < -0.4 is 0 Å². The molecule has 0 atom stereocenters. The summed E-state index contributed by atoms with van der Waals surface area (Å²) in [5.41, 5.74) is 3.68. The van der Waals surface area contributed by atoms with Crippen molar-refractivity contribution in [2.75, 3.05) is 0 Å². The zero-order chi connectivity index (χ0) is 12.1. The van der Waals surface area contributed by atoms with Gasteiger partial charge < -0.3 is 0 Å². The summed E-state index contributed by atoms with van der Waals surface area (Å²) in [7, 11) is 0. The molecule has 0 bridgehead atoms. The molecule has 0 heterocycles. The third kappa shape index (κ3) is 3.34. The molecule has 0 aliphatic carbocycles. The second kappa shape index (κ2) is 5.64. The van der Waals surface area contributed by atoms with E-state index in [4.69, 9.17) is 0 Å². The standard InChI is InChI=1S/C15H19F/c1-5-6-14-8-7-13(10-15(14)16)9-12(4)11(2)3/h7-8,10H,2,4-6,9H2,1,3H3. The van der Waals surface area contributed by atoms with Gasteiger partial charge >= 0.3 is 0 Å². The summed E-state index contributed by atoms with van der Waals surface area (Å²) in [6.07, 6.45) is 2.45. The van der Waals surface area contributed by atoms with Gasteiger partial charge in [0.2, 0.25) is 0 Å². The molecule has 1 rings (SSSR count). The second-order valence-corrected chi connectivity index (χ2v) is 4.24. The third-order valence-electron chi connectivity index (χ3n) is 2.66. The minimum atomic E-state index is -0.103. The highest BCUT2D eigenvalue weighted by Crippen LogP contribution is 2.17. The first-order valence-corrected chi connectivity index (χ1v) is 5.65. The number of hydrogen-bond acceptors (Lipinski definition) is 0. The zero-order valence-electron chi connectivity index (χ0n) is 10.1. The summed E-state index contributed by atoms with van der Waals surface area (Å²) < 4.78 is 13.6. The Morgan fingerprint density at radius 3 is 2.50 bits per heavy atom. The first-order chi connectivity index (χ1) is 7.54. The molecule has 16 heavy (non-hydrogen) atoms. The van der Waals surface area contributed by atoms with Crippen molar-refractivity contribution in [2.45, 2.75) is 33.1 Å². The smallest absolute Gasteiger partial charge is 0.126 e. The van der Waals surface area contributed by atoms with Crippen LogP contribution in [0.25, 0.3) is 0 Å². The summed E-state index contributed by atoms with van der Waals surface area (Å²) in [5, 5.41) is 0. The zero-order valence-corrected chi connectivity index (χ0v) is 10.1. The topological polar surface area (TPSA) is 0 Å². The van der Waals surface area contributed by atoms with Gasteiger partial charge in [-0.2, -0.15) is 0 Å². The van der Waals surface area contributed by atoms with Crippen molar-refractivity contribution in [3.8, 4) is 0 Å². The largest absolute Gasteiger partial charge is 0.207 e. The summed E-state index contributed by atoms with van der Waals surface area (Å²) >= 11 is 0. The predicted octanol–water partition coefficient (Wildman–Crippen LogP) is 4.45. The van der Waals surface area contributed by atoms with Crippen molar-refractivity contribution >= 4 is 0 Å². The van der Waals surface area contributed by atoms with Crippen LogP contribution in [-0.2, 0) is 12.8 Å². The van der Waals surface area contributed by atoms with E-state index in [0.29, 0.717) is 6.42 Å². The molecule has 0 unspecified atom stereocenters. The lowest BCUT2D eigenvalue weighted by Crippen LogP contribution is -1.95. The Kier molecular flexibility index (Phi) is 4.48. The predicted molar refractivity (Wildman–Crippen MR) is 68.1 cm³/mol. The van der Waals surface area contributed by atoms with Gasteiger partial charge in [-0.3, -0.25) is 0 Å². The molecule has 86 valence electrons. The van der Waals surface area contributed by atoms with E-state index >= 15 is 0 Å². The minimum Gasteiger partial charge on any atom is -0.207 e. The van der Waals surface area contributed by atoms with Crippen molar-refractivity contribution in [1.29, 1.82) is 0 Å². The number of rotatable bonds is 5. The molecule has 1 aromatic rings. The Morgan fingerprint density at radius 2 is 2.00 bits per heavy atom. The average Bonchev–Trinajstić information content (AvgIpc) is 2.22. The van der Waals surface area contributed by atoms with Gasteiger partial charge in [-0.05, 0) is 42.5 Å². The van der Waals surface area contributed by atoms with Gasteiger partial charge in [0, 0.05) is 0 Å². The van der Waals surface area contributed by atoms with E-state index in [-0.39, 0.29) is 5.82 Å². The van der Waals surface area contributed by atoms with Crippen molar-refractivity contribution < 1.29 is 4.39 Å². The highest BCUT2D eigenvalue weighted by atomic mass is 19.1. The van der Waals surface area contributed by atoms with E-state index in [1.165, 1.54) is 0 Å². The van der Waals surface area contributed by atoms with Gasteiger partial charge in [0.15, 0.2) is 0 Å². The van der Waals surface area contributed by atoms with E-state index < -0.39 is 0 Å². The normalized spacial score (nSPS) is 10.2. The summed E-state index contributed by atoms with van der Waals surface area (Å²) in [6, 6.07) is 5.46. The molecular formula is C15H19F. The summed E-state index contributed by atoms with van der Waals surface area (Å²) in [4.78, 5) is 0. The lowest BCUT2D eigenvalue weighted by atomic mass is 9.99. The third-order valence-corrected chi connectivity index (χ3v) is 2.66. The first kappa shape index (κ1) is 12.7. The van der Waals surface area contributed by atoms with E-state index in [9.17, 15) is 4.39 Å². The van der Waals surface area contributed by atoms with Gasteiger partial charge in [0.1, 0.15) is 5.82 Å². The highest BCUT2D eigenvalue weighted by Gasteiger charge is 2.04. The second-order valence-electron chi connectivity index (χ2n) is 4.24. The number of benzene rings is 1. The molecule has 0 radical (unpaired) electrons. The first-order valence-electron chi connectivity index (χ1n) is 5.65. The molecule has 1 aromatic carbocycles. The molecular weight excluding hydrogens is 199 g/mol. The van der Waals surface area contributed by atoms with Crippen LogP contribution in [0.2, 0.25) is 0 Å². The Labute approximate surface area is 97.5 Å². The molecule has 0 nitrogen and oxygen atoms in total. The van der Waals surface area contributed by atoms with Gasteiger partial charge in [0.05, 0.1) is 0 Å². The molecule has 0 fully saturated rings. The monoisotopic (exact) mass is 218 g/mol. The number of allylic oxidation sites excluding steroid dienone is 2. The molecule has 0 N–H and O–H groups in total. The van der Waals surface area contributed by atoms with Crippen LogP contribution in [0.5, 0.6) is 0 Å². The summed E-state index contributed by atoms with van der Waals surface area (Å²) in [5.74, 6) is -0.103. The van der Waals surface area contributed by atoms with Gasteiger partial charge in [-0.15, -0.1) is 0 Å². The number of aryl methyl sites for hydroxylation is 1. The quantitative estimate of drug-likeness (QED) is 0.640. The lowest BCUT2D eigenvalue weighted by Gasteiger charge is -2.07. The SMILES string of the molecule is C=C(C)C(=C)Cc1ccc(CCC)c(F)c1. The number of halogens is 1. The maximum atomic E-state index is 13.6. The van der Waals surface area contributed by atoms with Crippen molar-refractivity contribution in [3.63, 3.8) is 0 Å². The van der Waals surface area contributed by atoms with Crippen LogP contribution in [0, 0.1) is 5.82 Å². The van der Waals surface area contributed by atoms with Gasteiger partial charge in [-0.1, -0.05) is 44.2 Å². The highest BCUT2D eigenvalue weighted by molar-refractivity contribution is 5.33. The molecule has 0 spiro atoms. The van der Waals surface area contributed by atoms with Crippen LogP contribution in [0.3, 0.4) is 0 Å². The van der Waals surface area contributed by atoms with Crippen LogP contribution in [0.15, 0.2) is 42.5 Å². The Balaban J connectivity index is 2.81. The van der Waals surface area contributed by atoms with Crippen LogP contribution in [0.1, 0.15) is 31.4 Å². The van der Waals surface area contributed by atoms with Crippen LogP contribution in [-0.4, -0.2) is 0 Å².